The van der Waals surface area contributed by atoms with Crippen molar-refractivity contribution < 1.29 is 14.3 Å². The van der Waals surface area contributed by atoms with Gasteiger partial charge in [-0.05, 0) is 84.5 Å². The third-order valence-electron chi connectivity index (χ3n) is 9.32. The lowest BCUT2D eigenvalue weighted by Crippen LogP contribution is -2.39. The normalized spacial score (nSPS) is 20.5. The van der Waals surface area contributed by atoms with E-state index in [0.717, 1.165) is 36.6 Å². The maximum absolute atomic E-state index is 10.5. The van der Waals surface area contributed by atoms with Crippen LogP contribution in [0.4, 0.5) is 0 Å². The highest BCUT2D eigenvalue weighted by Crippen LogP contribution is 2.57. The van der Waals surface area contributed by atoms with Crippen molar-refractivity contribution in [1.82, 2.24) is 0 Å². The molecule has 1 aliphatic carbocycles. The van der Waals surface area contributed by atoms with Crippen LogP contribution in [0.2, 0.25) is 0 Å². The van der Waals surface area contributed by atoms with Gasteiger partial charge in [0.2, 0.25) is 0 Å². The second-order valence-corrected chi connectivity index (χ2v) is 16.2. The van der Waals surface area contributed by atoms with E-state index >= 15 is 0 Å². The zero-order valence-corrected chi connectivity index (χ0v) is 27.9. The molecule has 1 aliphatic rings. The maximum Gasteiger partial charge on any atom is 0.327 e. The summed E-state index contributed by atoms with van der Waals surface area (Å²) in [6, 6.07) is 24.5. The van der Waals surface area contributed by atoms with Gasteiger partial charge in [-0.15, -0.1) is 0 Å². The van der Waals surface area contributed by atoms with Crippen molar-refractivity contribution in [1.29, 1.82) is 0 Å². The van der Waals surface area contributed by atoms with Crippen molar-refractivity contribution in [3.8, 4) is 0 Å². The molecule has 1 saturated carbocycles. The molecule has 2 unspecified atom stereocenters. The predicted octanol–water partition coefficient (Wildman–Crippen LogP) is 10.7. The fourth-order valence-electron chi connectivity index (χ4n) is 7.08. The van der Waals surface area contributed by atoms with Crippen molar-refractivity contribution in [3.63, 3.8) is 0 Å². The molecule has 4 aromatic carbocycles. The number of fused-ring (bicyclic) bond motifs is 2. The first kappa shape index (κ1) is 31.1. The van der Waals surface area contributed by atoms with Crippen LogP contribution in [0.25, 0.3) is 21.5 Å². The molecule has 0 spiro atoms. The summed E-state index contributed by atoms with van der Waals surface area (Å²) in [6.45, 7) is 20.7. The first-order chi connectivity index (χ1) is 19.5. The van der Waals surface area contributed by atoms with Gasteiger partial charge in [-0.25, -0.2) is 0 Å². The summed E-state index contributed by atoms with van der Waals surface area (Å²) >= 11 is 0. The minimum Gasteiger partial charge on any atom is -0.328 e. The van der Waals surface area contributed by atoms with Crippen LogP contribution >= 0.6 is 8.60 Å². The Morgan fingerprint density at radius 3 is 1.98 bits per heavy atom. The molecule has 224 valence electrons. The molecule has 5 rings (SSSR count). The van der Waals surface area contributed by atoms with Crippen LogP contribution in [0.15, 0.2) is 66.7 Å². The van der Waals surface area contributed by atoms with E-state index in [2.05, 4.69) is 129 Å². The Hall–Kier alpha value is -2.29. The van der Waals surface area contributed by atoms with Gasteiger partial charge in [0.25, 0.3) is 0 Å². The van der Waals surface area contributed by atoms with Gasteiger partial charge < -0.3 is 14.3 Å². The highest BCUT2D eigenvalue weighted by molar-refractivity contribution is 7.39. The molecule has 2 atom stereocenters. The Morgan fingerprint density at radius 2 is 1.36 bits per heavy atom. The van der Waals surface area contributed by atoms with E-state index in [1.807, 2.05) is 0 Å². The molecule has 4 heteroatoms. The van der Waals surface area contributed by atoms with Gasteiger partial charge in [0.15, 0.2) is 0 Å². The van der Waals surface area contributed by atoms with Crippen LogP contribution in [-0.4, -0.2) is 9.79 Å². The molecule has 42 heavy (non-hydrogen) atoms. The van der Waals surface area contributed by atoms with Gasteiger partial charge in [0.1, 0.15) is 5.60 Å². The van der Waals surface area contributed by atoms with Crippen LogP contribution in [-0.2, 0) is 26.4 Å². The van der Waals surface area contributed by atoms with Crippen molar-refractivity contribution in [3.05, 3.63) is 94.5 Å². The highest BCUT2D eigenvalue weighted by atomic mass is 31.2. The molecule has 1 fully saturated rings. The lowest BCUT2D eigenvalue weighted by Gasteiger charge is -2.46. The minimum absolute atomic E-state index is 0.0227. The SMILES string of the molecule is CC(C)(C)c1cc(C(C)(C)C)c2cc(C3CCCCC3(OP(O)O)c3ccc4ccccc4c3)c(C(C)(C)C)cc2c1. The average Bonchev–Trinajstić information content (AvgIpc) is 2.89. The largest absolute Gasteiger partial charge is 0.328 e. The fourth-order valence-corrected chi connectivity index (χ4v) is 7.69. The second kappa shape index (κ2) is 11.0. The first-order valence-corrected chi connectivity index (χ1v) is 16.7. The molecular weight excluding hydrogens is 535 g/mol. The van der Waals surface area contributed by atoms with Crippen LogP contribution in [0.3, 0.4) is 0 Å². The van der Waals surface area contributed by atoms with E-state index in [-0.39, 0.29) is 22.2 Å². The van der Waals surface area contributed by atoms with E-state index in [1.54, 1.807) is 0 Å². The topological polar surface area (TPSA) is 49.7 Å². The number of rotatable bonds is 4. The Balaban J connectivity index is 1.84. The molecule has 2 N–H and O–H groups in total. The Morgan fingerprint density at radius 1 is 0.690 bits per heavy atom. The van der Waals surface area contributed by atoms with Crippen molar-refractivity contribution in [2.45, 2.75) is 116 Å². The number of hydrogen-bond donors (Lipinski definition) is 2. The lowest BCUT2D eigenvalue weighted by atomic mass is 9.65. The van der Waals surface area contributed by atoms with Gasteiger partial charge in [0, 0.05) is 5.92 Å². The zero-order valence-electron chi connectivity index (χ0n) is 27.0. The molecule has 0 aliphatic heterocycles. The van der Waals surface area contributed by atoms with E-state index in [9.17, 15) is 9.79 Å². The van der Waals surface area contributed by atoms with Crippen LogP contribution < -0.4 is 0 Å². The minimum atomic E-state index is -2.57. The lowest BCUT2D eigenvalue weighted by molar-refractivity contribution is -0.00642. The summed E-state index contributed by atoms with van der Waals surface area (Å²) < 4.78 is 6.40. The van der Waals surface area contributed by atoms with Gasteiger partial charge in [-0.2, -0.15) is 0 Å². The third-order valence-corrected chi connectivity index (χ3v) is 9.81. The van der Waals surface area contributed by atoms with Gasteiger partial charge in [-0.1, -0.05) is 136 Å². The Labute approximate surface area is 254 Å². The molecule has 0 saturated heterocycles. The van der Waals surface area contributed by atoms with Gasteiger partial charge >= 0.3 is 8.60 Å². The summed E-state index contributed by atoms with van der Waals surface area (Å²) in [5, 5.41) is 4.87. The fraction of sp³-hybridized carbons (Fsp3) is 0.474. The van der Waals surface area contributed by atoms with Gasteiger partial charge in [0.05, 0.1) is 0 Å². The molecule has 0 amide bonds. The van der Waals surface area contributed by atoms with Gasteiger partial charge in [-0.3, -0.25) is 0 Å². The molecule has 4 aromatic rings. The van der Waals surface area contributed by atoms with Crippen LogP contribution in [0.1, 0.15) is 122 Å². The molecular formula is C38H49O3P. The molecule has 0 radical (unpaired) electrons. The molecule has 3 nitrogen and oxygen atoms in total. The van der Waals surface area contributed by atoms with Crippen LogP contribution in [0, 0.1) is 0 Å². The first-order valence-electron chi connectivity index (χ1n) is 15.5. The monoisotopic (exact) mass is 584 g/mol. The summed E-state index contributed by atoms with van der Waals surface area (Å²) in [6.07, 6.45) is 3.73. The molecule has 0 heterocycles. The standard InChI is InChI=1S/C38H49O3P/c1-35(2,3)29-21-27-22-33(36(4,5)6)31(24-30(27)34(23-29)37(7,8)9)32-16-12-13-19-38(32,41-42(39)40)28-18-17-25-14-10-11-15-26(25)20-28/h10-11,14-15,17-18,20-24,32,39-40H,12-13,16,19H2,1-9H3. The quantitative estimate of drug-likeness (QED) is 0.235. The zero-order chi connectivity index (χ0) is 30.7. The summed E-state index contributed by atoms with van der Waals surface area (Å²) in [4.78, 5) is 20.9. The maximum atomic E-state index is 10.5. The predicted molar refractivity (Wildman–Crippen MR) is 179 cm³/mol. The Bertz CT molecular complexity index is 1600. The van der Waals surface area contributed by atoms with Crippen molar-refractivity contribution in [2.24, 2.45) is 0 Å². The highest BCUT2D eigenvalue weighted by Gasteiger charge is 2.47. The second-order valence-electron chi connectivity index (χ2n) is 15.5. The summed E-state index contributed by atoms with van der Waals surface area (Å²) in [5.74, 6) is -0.0227. The van der Waals surface area contributed by atoms with Crippen molar-refractivity contribution >= 4 is 30.1 Å². The smallest absolute Gasteiger partial charge is 0.327 e. The average molecular weight is 585 g/mol. The van der Waals surface area contributed by atoms with E-state index in [4.69, 9.17) is 4.52 Å². The number of benzene rings is 4. The number of hydrogen-bond acceptors (Lipinski definition) is 3. The van der Waals surface area contributed by atoms with E-state index in [1.165, 1.54) is 38.4 Å². The molecule has 0 bridgehead atoms. The Kier molecular flexibility index (Phi) is 8.16. The van der Waals surface area contributed by atoms with E-state index in [0.29, 0.717) is 0 Å². The molecule has 0 aromatic heterocycles. The summed E-state index contributed by atoms with van der Waals surface area (Å²) in [5.41, 5.74) is 5.37. The van der Waals surface area contributed by atoms with Crippen molar-refractivity contribution in [2.75, 3.05) is 0 Å². The summed E-state index contributed by atoms with van der Waals surface area (Å²) in [7, 11) is -2.57. The third kappa shape index (κ3) is 5.91. The van der Waals surface area contributed by atoms with E-state index < -0.39 is 14.2 Å². The van der Waals surface area contributed by atoms with Crippen LogP contribution in [0.5, 0.6) is 0 Å².